The average molecular weight is 612 g/mol. The van der Waals surface area contributed by atoms with Crippen molar-refractivity contribution in [2.45, 2.75) is 58.0 Å². The van der Waals surface area contributed by atoms with Crippen molar-refractivity contribution in [3.63, 3.8) is 0 Å². The third-order valence-electron chi connectivity index (χ3n) is 8.15. The van der Waals surface area contributed by atoms with Gasteiger partial charge in [0.2, 0.25) is 11.8 Å². The molecule has 1 heterocycles. The molecule has 6 nitrogen and oxygen atoms in total. The lowest BCUT2D eigenvalue weighted by atomic mass is 9.68. The van der Waals surface area contributed by atoms with Crippen molar-refractivity contribution in [2.75, 3.05) is 11.5 Å². The Labute approximate surface area is 243 Å². The molecular weight excluding hydrogens is 580 g/mol. The number of anilines is 1. The van der Waals surface area contributed by atoms with Gasteiger partial charge in [-0.25, -0.2) is 4.90 Å². The summed E-state index contributed by atoms with van der Waals surface area (Å²) in [5, 5.41) is 31.3. The van der Waals surface area contributed by atoms with Crippen molar-refractivity contribution in [2.24, 2.45) is 17.8 Å². The first kappa shape index (κ1) is 32.3. The number of aliphatic hydroxyl groups is 2. The van der Waals surface area contributed by atoms with Crippen LogP contribution in [0.4, 0.5) is 32.0 Å². The van der Waals surface area contributed by atoms with Gasteiger partial charge >= 0.3 is 12.4 Å². The predicted molar refractivity (Wildman–Crippen MR) is 145 cm³/mol. The van der Waals surface area contributed by atoms with Crippen LogP contribution in [0.25, 0.3) is 6.08 Å². The lowest BCUT2D eigenvalue weighted by Crippen LogP contribution is -2.38. The molecule has 12 heteroatoms. The van der Waals surface area contributed by atoms with E-state index in [2.05, 4.69) is 0 Å². The molecule has 0 aromatic heterocycles. The Balaban J connectivity index is 1.62. The van der Waals surface area contributed by atoms with Crippen LogP contribution in [0.5, 0.6) is 5.75 Å². The highest BCUT2D eigenvalue weighted by atomic mass is 19.4. The number of allylic oxidation sites excluding steroid dienone is 2. The van der Waals surface area contributed by atoms with Gasteiger partial charge in [-0.1, -0.05) is 36.3 Å². The number of amides is 2. The number of carbonyl (C=O) groups is 2. The smallest absolute Gasteiger partial charge is 0.416 e. The summed E-state index contributed by atoms with van der Waals surface area (Å²) in [4.78, 5) is 27.3. The molecule has 0 bridgehead atoms. The standard InChI is InChI=1S/C31H31F6NO5/c1-3-17(10-18-5-4-6-22(40)11-18)7-8-25(41)26-16(2)9-23-27(24(26)15-39)29(43)38(28(23)42)21-13-19(30(32,33)34)12-20(14-21)31(35,36)37/h4-6,10-14,23-25,27,39-41H,3,7-9,15H2,1-2H3/b17-10+/t23-,24+,25-,27-/m1/s1. The minimum atomic E-state index is -5.18. The number of rotatable bonds is 8. The van der Waals surface area contributed by atoms with Crippen LogP contribution in [0.15, 0.2) is 59.2 Å². The highest BCUT2D eigenvalue weighted by Gasteiger charge is 2.55. The molecule has 1 saturated heterocycles. The van der Waals surface area contributed by atoms with Crippen molar-refractivity contribution in [1.29, 1.82) is 0 Å². The molecule has 0 radical (unpaired) electrons. The van der Waals surface area contributed by atoms with Gasteiger partial charge in [-0.05, 0) is 74.1 Å². The summed E-state index contributed by atoms with van der Waals surface area (Å²) in [6, 6.07) is 7.18. The number of phenols is 1. The van der Waals surface area contributed by atoms with E-state index in [0.29, 0.717) is 41.0 Å². The molecule has 0 saturated carbocycles. The van der Waals surface area contributed by atoms with Gasteiger partial charge < -0.3 is 15.3 Å². The molecule has 0 spiro atoms. The molecule has 232 valence electrons. The number of aromatic hydroxyl groups is 1. The molecule has 2 aromatic carbocycles. The summed E-state index contributed by atoms with van der Waals surface area (Å²) in [7, 11) is 0. The minimum absolute atomic E-state index is 0.0561. The van der Waals surface area contributed by atoms with E-state index < -0.39 is 71.4 Å². The first-order chi connectivity index (χ1) is 20.1. The van der Waals surface area contributed by atoms with E-state index in [1.165, 1.54) is 6.07 Å². The van der Waals surface area contributed by atoms with Crippen LogP contribution >= 0.6 is 0 Å². The van der Waals surface area contributed by atoms with E-state index in [4.69, 9.17) is 0 Å². The quantitative estimate of drug-likeness (QED) is 0.180. The number of fused-ring (bicyclic) bond motifs is 1. The third kappa shape index (κ3) is 6.65. The molecule has 0 unspecified atom stereocenters. The molecule has 4 rings (SSSR count). The summed E-state index contributed by atoms with van der Waals surface area (Å²) < 4.78 is 80.9. The first-order valence-corrected chi connectivity index (χ1v) is 13.7. The zero-order valence-corrected chi connectivity index (χ0v) is 23.3. The van der Waals surface area contributed by atoms with Gasteiger partial charge in [0, 0.05) is 5.92 Å². The number of halogens is 6. The lowest BCUT2D eigenvalue weighted by molar-refractivity contribution is -0.143. The molecule has 2 amide bonds. The Kier molecular flexibility index (Phi) is 9.13. The third-order valence-corrected chi connectivity index (χ3v) is 8.15. The molecule has 4 atom stereocenters. The monoisotopic (exact) mass is 611 g/mol. The van der Waals surface area contributed by atoms with Crippen molar-refractivity contribution in [3.05, 3.63) is 75.9 Å². The van der Waals surface area contributed by atoms with Gasteiger partial charge in [-0.15, -0.1) is 0 Å². The van der Waals surface area contributed by atoms with Crippen LogP contribution < -0.4 is 4.90 Å². The number of hydrogen-bond acceptors (Lipinski definition) is 5. The maximum atomic E-state index is 13.6. The van der Waals surface area contributed by atoms with Crippen molar-refractivity contribution >= 4 is 23.6 Å². The molecule has 2 aliphatic rings. The van der Waals surface area contributed by atoms with Crippen molar-refractivity contribution in [3.8, 4) is 5.75 Å². The largest absolute Gasteiger partial charge is 0.508 e. The molecular formula is C31H31F6NO5. The molecule has 3 N–H and O–H groups in total. The fourth-order valence-corrected chi connectivity index (χ4v) is 6.12. The van der Waals surface area contributed by atoms with Gasteiger partial charge in [0.25, 0.3) is 0 Å². The number of carbonyl (C=O) groups excluding carboxylic acids is 2. The fourth-order valence-electron chi connectivity index (χ4n) is 6.12. The maximum absolute atomic E-state index is 13.6. The zero-order chi connectivity index (χ0) is 31.9. The molecule has 1 aliphatic heterocycles. The molecule has 2 aromatic rings. The second-order valence-electron chi connectivity index (χ2n) is 10.9. The van der Waals surface area contributed by atoms with Gasteiger partial charge in [0.1, 0.15) is 5.75 Å². The topological polar surface area (TPSA) is 98.1 Å². The normalized spacial score (nSPS) is 22.3. The second kappa shape index (κ2) is 12.2. The Morgan fingerprint density at radius 2 is 1.65 bits per heavy atom. The van der Waals surface area contributed by atoms with E-state index in [9.17, 15) is 51.3 Å². The minimum Gasteiger partial charge on any atom is -0.508 e. The summed E-state index contributed by atoms with van der Waals surface area (Å²) in [6.07, 6.45) is -8.44. The fraction of sp³-hybridized carbons (Fsp3) is 0.419. The van der Waals surface area contributed by atoms with Crippen LogP contribution in [-0.4, -0.2) is 39.8 Å². The Bertz CT molecular complexity index is 1430. The molecule has 43 heavy (non-hydrogen) atoms. The van der Waals surface area contributed by atoms with E-state index in [0.717, 1.165) is 11.1 Å². The van der Waals surface area contributed by atoms with E-state index >= 15 is 0 Å². The van der Waals surface area contributed by atoms with Crippen LogP contribution in [0.3, 0.4) is 0 Å². The van der Waals surface area contributed by atoms with Crippen LogP contribution in [-0.2, 0) is 21.9 Å². The second-order valence-corrected chi connectivity index (χ2v) is 10.9. The van der Waals surface area contributed by atoms with Crippen LogP contribution in [0, 0.1) is 17.8 Å². The summed E-state index contributed by atoms with van der Waals surface area (Å²) >= 11 is 0. The number of nitrogens with zero attached hydrogens (tertiary/aromatic N) is 1. The Morgan fingerprint density at radius 1 is 1.02 bits per heavy atom. The lowest BCUT2D eigenvalue weighted by Gasteiger charge is -2.35. The van der Waals surface area contributed by atoms with Crippen LogP contribution in [0.2, 0.25) is 0 Å². The van der Waals surface area contributed by atoms with Crippen molar-refractivity contribution < 1.29 is 51.3 Å². The van der Waals surface area contributed by atoms with Gasteiger partial charge in [-0.2, -0.15) is 26.3 Å². The predicted octanol–water partition coefficient (Wildman–Crippen LogP) is 6.50. The van der Waals surface area contributed by atoms with Crippen molar-refractivity contribution in [1.82, 2.24) is 0 Å². The van der Waals surface area contributed by atoms with E-state index in [-0.39, 0.29) is 24.7 Å². The number of benzene rings is 2. The first-order valence-electron chi connectivity index (χ1n) is 13.7. The highest BCUT2D eigenvalue weighted by Crippen LogP contribution is 2.48. The number of alkyl halides is 6. The van der Waals surface area contributed by atoms with Gasteiger partial charge in [-0.3, -0.25) is 9.59 Å². The number of phenolic OH excluding ortho intramolecular Hbond substituents is 1. The summed E-state index contributed by atoms with van der Waals surface area (Å²) in [6.45, 7) is 2.86. The maximum Gasteiger partial charge on any atom is 0.416 e. The molecule has 1 fully saturated rings. The zero-order valence-electron chi connectivity index (χ0n) is 23.3. The highest BCUT2D eigenvalue weighted by molar-refractivity contribution is 6.22. The number of aliphatic hydroxyl groups excluding tert-OH is 2. The molecule has 1 aliphatic carbocycles. The Hall–Kier alpha value is -3.64. The summed E-state index contributed by atoms with van der Waals surface area (Å²) in [5.41, 5.74) is -1.63. The number of hydrogen-bond donors (Lipinski definition) is 3. The Morgan fingerprint density at radius 3 is 2.19 bits per heavy atom. The van der Waals surface area contributed by atoms with E-state index in [1.807, 2.05) is 13.0 Å². The SMILES string of the molecule is CC/C(=C\c1cccc(O)c1)CC[C@@H](O)C1=C(C)C[C@H]2C(=O)N(c3cc(C(F)(F)F)cc(C(F)(F)F)c3)C(=O)[C@H]2[C@H]1CO. The van der Waals surface area contributed by atoms with Gasteiger partial charge in [0.15, 0.2) is 0 Å². The average Bonchev–Trinajstić information content (AvgIpc) is 3.17. The van der Waals surface area contributed by atoms with Gasteiger partial charge in [0.05, 0.1) is 41.4 Å². The van der Waals surface area contributed by atoms with Crippen LogP contribution in [0.1, 0.15) is 56.2 Å². The summed E-state index contributed by atoms with van der Waals surface area (Å²) in [5.74, 6) is -5.36. The number of imide groups is 1. The van der Waals surface area contributed by atoms with E-state index in [1.54, 1.807) is 25.1 Å².